The topological polar surface area (TPSA) is 47.9 Å². The smallest absolute Gasteiger partial charge is 0.0638 e. The van der Waals surface area contributed by atoms with Crippen molar-refractivity contribution in [2.75, 3.05) is 19.6 Å². The van der Waals surface area contributed by atoms with Crippen LogP contribution in [0.1, 0.15) is 6.42 Å². The van der Waals surface area contributed by atoms with Gasteiger partial charge >= 0.3 is 0 Å². The van der Waals surface area contributed by atoms with Gasteiger partial charge in [-0.15, -0.1) is 24.8 Å². The molecular weight excluding hydrogens is 185 g/mol. The molecule has 5 heteroatoms. The summed E-state index contributed by atoms with van der Waals surface area (Å²) in [7, 11) is 0. The minimum atomic E-state index is 0. The van der Waals surface area contributed by atoms with Gasteiger partial charge in [-0.2, -0.15) is 5.26 Å². The second-order valence-electron chi connectivity index (χ2n) is 2.22. The van der Waals surface area contributed by atoms with E-state index in [-0.39, 0.29) is 24.8 Å². The van der Waals surface area contributed by atoms with Crippen molar-refractivity contribution in [2.45, 2.75) is 12.5 Å². The summed E-state index contributed by atoms with van der Waals surface area (Å²) in [5.41, 5.74) is 0. The number of piperazine rings is 1. The first-order chi connectivity index (χ1) is 4.43. The van der Waals surface area contributed by atoms with E-state index in [4.69, 9.17) is 5.26 Å². The Balaban J connectivity index is 0. The summed E-state index contributed by atoms with van der Waals surface area (Å²) < 4.78 is 0. The molecule has 3 nitrogen and oxygen atoms in total. The van der Waals surface area contributed by atoms with Gasteiger partial charge < -0.3 is 10.6 Å². The van der Waals surface area contributed by atoms with Gasteiger partial charge in [0.05, 0.1) is 12.5 Å². The highest BCUT2D eigenvalue weighted by Gasteiger charge is 2.09. The Morgan fingerprint density at radius 1 is 1.36 bits per heavy atom. The van der Waals surface area contributed by atoms with Crippen molar-refractivity contribution >= 4 is 24.8 Å². The zero-order valence-corrected chi connectivity index (χ0v) is 7.80. The van der Waals surface area contributed by atoms with Crippen LogP contribution in [0.3, 0.4) is 0 Å². The van der Waals surface area contributed by atoms with Gasteiger partial charge in [-0.1, -0.05) is 0 Å². The van der Waals surface area contributed by atoms with E-state index in [0.29, 0.717) is 12.5 Å². The van der Waals surface area contributed by atoms with E-state index >= 15 is 0 Å². The molecule has 0 aliphatic carbocycles. The average molecular weight is 198 g/mol. The Kier molecular flexibility index (Phi) is 9.98. The minimum Gasteiger partial charge on any atom is -0.314 e. The lowest BCUT2D eigenvalue weighted by Gasteiger charge is -2.21. The normalized spacial score (nSPS) is 22.3. The molecule has 0 amide bonds. The number of halogens is 2. The quantitative estimate of drug-likeness (QED) is 0.637. The lowest BCUT2D eigenvalue weighted by Crippen LogP contribution is -2.47. The molecule has 1 aliphatic heterocycles. The molecule has 1 heterocycles. The van der Waals surface area contributed by atoms with Crippen molar-refractivity contribution in [1.29, 1.82) is 5.26 Å². The molecule has 1 fully saturated rings. The van der Waals surface area contributed by atoms with Crippen molar-refractivity contribution < 1.29 is 0 Å². The minimum absolute atomic E-state index is 0. The van der Waals surface area contributed by atoms with Crippen LogP contribution < -0.4 is 10.6 Å². The van der Waals surface area contributed by atoms with E-state index in [1.54, 1.807) is 0 Å². The number of nitriles is 1. The maximum atomic E-state index is 8.30. The highest BCUT2D eigenvalue weighted by Crippen LogP contribution is 1.90. The molecule has 11 heavy (non-hydrogen) atoms. The first-order valence-electron chi connectivity index (χ1n) is 3.24. The largest absolute Gasteiger partial charge is 0.314 e. The van der Waals surface area contributed by atoms with Gasteiger partial charge in [-0.05, 0) is 0 Å². The molecule has 1 atom stereocenters. The van der Waals surface area contributed by atoms with Gasteiger partial charge in [0.1, 0.15) is 0 Å². The lowest BCUT2D eigenvalue weighted by molar-refractivity contribution is 0.423. The fourth-order valence-corrected chi connectivity index (χ4v) is 0.968. The van der Waals surface area contributed by atoms with E-state index in [9.17, 15) is 0 Å². The maximum absolute atomic E-state index is 8.30. The summed E-state index contributed by atoms with van der Waals surface area (Å²) in [5.74, 6) is 0. The molecule has 0 aromatic rings. The van der Waals surface area contributed by atoms with Crippen molar-refractivity contribution in [3.05, 3.63) is 0 Å². The number of nitrogens with one attached hydrogen (secondary N) is 2. The molecule has 0 unspecified atom stereocenters. The van der Waals surface area contributed by atoms with E-state index in [0.717, 1.165) is 19.6 Å². The molecule has 0 radical (unpaired) electrons. The summed E-state index contributed by atoms with van der Waals surface area (Å²) in [6.45, 7) is 2.96. The highest BCUT2D eigenvalue weighted by atomic mass is 35.5. The van der Waals surface area contributed by atoms with Gasteiger partial charge in [0.2, 0.25) is 0 Å². The van der Waals surface area contributed by atoms with Gasteiger partial charge in [-0.25, -0.2) is 0 Å². The predicted octanol–water partition coefficient (Wildman–Crippen LogP) is 0.305. The second kappa shape index (κ2) is 8.09. The molecule has 0 aromatic heterocycles. The highest BCUT2D eigenvalue weighted by molar-refractivity contribution is 5.85. The van der Waals surface area contributed by atoms with Crippen LogP contribution in [-0.2, 0) is 0 Å². The zero-order chi connectivity index (χ0) is 6.53. The first kappa shape index (κ1) is 13.6. The van der Waals surface area contributed by atoms with Crippen LogP contribution in [-0.4, -0.2) is 25.7 Å². The SMILES string of the molecule is Cl.Cl.N#CC[C@H]1CNCCN1. The lowest BCUT2D eigenvalue weighted by atomic mass is 10.2. The van der Waals surface area contributed by atoms with Gasteiger partial charge in [0.15, 0.2) is 0 Å². The molecule has 1 saturated heterocycles. The third kappa shape index (κ3) is 5.28. The van der Waals surface area contributed by atoms with E-state index in [1.807, 2.05) is 0 Å². The standard InChI is InChI=1S/C6H11N3.2ClH/c7-2-1-6-5-8-3-4-9-6;;/h6,8-9H,1,3-5H2;2*1H/t6-;;/m0../s1. The summed E-state index contributed by atoms with van der Waals surface area (Å²) in [6, 6.07) is 2.51. The van der Waals surface area contributed by atoms with Crippen LogP contribution in [0.15, 0.2) is 0 Å². The molecular formula is C6H13Cl2N3. The number of rotatable bonds is 1. The van der Waals surface area contributed by atoms with Crippen molar-refractivity contribution in [3.63, 3.8) is 0 Å². The Hall–Kier alpha value is -0.0100. The number of nitrogens with zero attached hydrogens (tertiary/aromatic N) is 1. The van der Waals surface area contributed by atoms with Crippen LogP contribution in [0, 0.1) is 11.3 Å². The molecule has 2 N–H and O–H groups in total. The molecule has 0 saturated carbocycles. The van der Waals surface area contributed by atoms with Crippen molar-refractivity contribution in [3.8, 4) is 6.07 Å². The predicted molar refractivity (Wildman–Crippen MR) is 49.4 cm³/mol. The molecule has 1 rings (SSSR count). The fraction of sp³-hybridized carbons (Fsp3) is 0.833. The molecule has 66 valence electrons. The number of hydrogen-bond donors (Lipinski definition) is 2. The Bertz CT molecular complexity index is 117. The Labute approximate surface area is 79.4 Å². The third-order valence-electron chi connectivity index (χ3n) is 1.46. The van der Waals surface area contributed by atoms with Crippen LogP contribution in [0.4, 0.5) is 0 Å². The summed E-state index contributed by atoms with van der Waals surface area (Å²) in [4.78, 5) is 0. The maximum Gasteiger partial charge on any atom is 0.0638 e. The summed E-state index contributed by atoms with van der Waals surface area (Å²) in [5, 5.41) is 14.7. The van der Waals surface area contributed by atoms with E-state index in [1.165, 1.54) is 0 Å². The van der Waals surface area contributed by atoms with Crippen LogP contribution in [0.5, 0.6) is 0 Å². The van der Waals surface area contributed by atoms with Gasteiger partial charge in [0.25, 0.3) is 0 Å². The Morgan fingerprint density at radius 3 is 2.55 bits per heavy atom. The molecule has 1 aliphatic rings. The van der Waals surface area contributed by atoms with Crippen LogP contribution >= 0.6 is 24.8 Å². The first-order valence-corrected chi connectivity index (χ1v) is 3.24. The van der Waals surface area contributed by atoms with E-state index in [2.05, 4.69) is 16.7 Å². The monoisotopic (exact) mass is 197 g/mol. The van der Waals surface area contributed by atoms with Crippen LogP contribution in [0.25, 0.3) is 0 Å². The Morgan fingerprint density at radius 2 is 2.09 bits per heavy atom. The second-order valence-corrected chi connectivity index (χ2v) is 2.22. The number of hydrogen-bond acceptors (Lipinski definition) is 3. The van der Waals surface area contributed by atoms with Crippen LogP contribution in [0.2, 0.25) is 0 Å². The van der Waals surface area contributed by atoms with Gasteiger partial charge in [0, 0.05) is 25.7 Å². The zero-order valence-electron chi connectivity index (χ0n) is 6.17. The third-order valence-corrected chi connectivity index (χ3v) is 1.46. The molecule has 0 aromatic carbocycles. The fourth-order valence-electron chi connectivity index (χ4n) is 0.968. The summed E-state index contributed by atoms with van der Waals surface area (Å²) in [6.07, 6.45) is 0.618. The average Bonchev–Trinajstić information content (AvgIpc) is 1.91. The van der Waals surface area contributed by atoms with Crippen molar-refractivity contribution in [1.82, 2.24) is 10.6 Å². The van der Waals surface area contributed by atoms with E-state index < -0.39 is 0 Å². The van der Waals surface area contributed by atoms with Gasteiger partial charge in [-0.3, -0.25) is 0 Å². The summed E-state index contributed by atoms with van der Waals surface area (Å²) >= 11 is 0. The molecule has 0 spiro atoms. The van der Waals surface area contributed by atoms with Crippen molar-refractivity contribution in [2.24, 2.45) is 0 Å². The molecule has 0 bridgehead atoms.